The van der Waals surface area contributed by atoms with Crippen LogP contribution in [0, 0.1) is 36.5 Å². The van der Waals surface area contributed by atoms with E-state index in [9.17, 15) is 14.4 Å². The number of thiazole rings is 1. The summed E-state index contributed by atoms with van der Waals surface area (Å²) in [6.07, 6.45) is 0.916. The molecule has 1 N–H and O–H groups in total. The maximum atomic E-state index is 13.6. The van der Waals surface area contributed by atoms with Crippen LogP contribution in [-0.2, 0) is 9.59 Å². The summed E-state index contributed by atoms with van der Waals surface area (Å²) < 4.78 is 0. The second-order valence-corrected chi connectivity index (χ2v) is 11.9. The van der Waals surface area contributed by atoms with Gasteiger partial charge in [-0.05, 0) is 48.8 Å². The topological polar surface area (TPSA) is 70.2 Å². The van der Waals surface area contributed by atoms with Gasteiger partial charge in [0.15, 0.2) is 0 Å². The molecule has 3 aromatic rings. The van der Waals surface area contributed by atoms with Gasteiger partial charge >= 0.3 is 4.87 Å². The molecular weight excluding hydrogens is 452 g/mol. The minimum Gasteiger partial charge on any atom is -0.307 e. The molecule has 0 radical (unpaired) electrons. The van der Waals surface area contributed by atoms with Gasteiger partial charge in [-0.3, -0.25) is 19.3 Å². The molecule has 1 aromatic heterocycles. The molecule has 7 heteroatoms. The van der Waals surface area contributed by atoms with Crippen LogP contribution >= 0.6 is 23.1 Å². The standard InChI is InChI=1S/C26H22N2O3S2/c1-12-7-9-13(10-8-12)17-18-15-11-16(21(18)32-23-22(17)33-26(31)27-23)20-19(15)24(29)28(25(20)30)14-5-3-2-4-6-14/h2-10,15-21H,11H2,1H3,(H,27,31)/t15?,16?,17-,18?,19?,20?,21?/m1/s1. The van der Waals surface area contributed by atoms with E-state index in [1.54, 1.807) is 11.8 Å². The highest BCUT2D eigenvalue weighted by Crippen LogP contribution is 2.68. The first-order chi connectivity index (χ1) is 16.0. The second-order valence-electron chi connectivity index (χ2n) is 9.72. The van der Waals surface area contributed by atoms with Gasteiger partial charge in [-0.25, -0.2) is 0 Å². The van der Waals surface area contributed by atoms with Gasteiger partial charge in [0.05, 0.1) is 22.5 Å². The molecule has 3 fully saturated rings. The molecule has 166 valence electrons. The zero-order valence-electron chi connectivity index (χ0n) is 17.9. The summed E-state index contributed by atoms with van der Waals surface area (Å²) in [6, 6.07) is 17.9. The number of carbonyl (C=O) groups is 2. The third-order valence-corrected chi connectivity index (χ3v) is 10.8. The largest absolute Gasteiger partial charge is 0.307 e. The molecule has 3 heterocycles. The predicted molar refractivity (Wildman–Crippen MR) is 129 cm³/mol. The van der Waals surface area contributed by atoms with E-state index in [1.807, 2.05) is 30.3 Å². The Balaban J connectivity index is 1.34. The van der Waals surface area contributed by atoms with E-state index in [0.29, 0.717) is 5.69 Å². The van der Waals surface area contributed by atoms with Crippen molar-refractivity contribution < 1.29 is 9.59 Å². The fourth-order valence-corrected chi connectivity index (χ4v) is 9.88. The molecular formula is C26H22N2O3S2. The number of nitrogens with zero attached hydrogens (tertiary/aromatic N) is 1. The number of nitrogens with one attached hydrogen (secondary N) is 1. The second kappa shape index (κ2) is 6.93. The number of para-hydroxylation sites is 1. The van der Waals surface area contributed by atoms with E-state index in [0.717, 1.165) is 16.3 Å². The number of rotatable bonds is 2. The van der Waals surface area contributed by atoms with Gasteiger partial charge < -0.3 is 4.98 Å². The number of H-pyrrole nitrogens is 1. The Morgan fingerprint density at radius 3 is 2.33 bits per heavy atom. The zero-order chi connectivity index (χ0) is 22.4. The molecule has 2 amide bonds. The molecule has 2 aromatic carbocycles. The number of aryl methyl sites for hydroxylation is 1. The van der Waals surface area contributed by atoms with Crippen LogP contribution in [0.5, 0.6) is 0 Å². The average molecular weight is 475 g/mol. The Morgan fingerprint density at radius 1 is 0.909 bits per heavy atom. The summed E-state index contributed by atoms with van der Waals surface area (Å²) >= 11 is 3.04. The van der Waals surface area contributed by atoms with Crippen molar-refractivity contribution in [1.82, 2.24) is 4.98 Å². The lowest BCUT2D eigenvalue weighted by Gasteiger charge is -2.43. The van der Waals surface area contributed by atoms with Gasteiger partial charge in [0.25, 0.3) is 0 Å². The number of fused-ring (bicyclic) bond motifs is 9. The van der Waals surface area contributed by atoms with E-state index in [1.165, 1.54) is 27.4 Å². The van der Waals surface area contributed by atoms with Crippen molar-refractivity contribution in [3.05, 3.63) is 80.3 Å². The van der Waals surface area contributed by atoms with Crippen LogP contribution < -0.4 is 9.77 Å². The third-order valence-electron chi connectivity index (χ3n) is 8.17. The van der Waals surface area contributed by atoms with Crippen molar-refractivity contribution in [3.8, 4) is 0 Å². The molecule has 4 aliphatic rings. The first kappa shape index (κ1) is 19.8. The fourth-order valence-electron chi connectivity index (χ4n) is 7.00. The van der Waals surface area contributed by atoms with Crippen LogP contribution in [0.1, 0.15) is 28.3 Å². The number of hydrogen-bond donors (Lipinski definition) is 1. The number of imide groups is 1. The molecule has 5 nitrogen and oxygen atoms in total. The van der Waals surface area contributed by atoms with Crippen molar-refractivity contribution in [1.29, 1.82) is 0 Å². The lowest BCUT2D eigenvalue weighted by Crippen LogP contribution is -2.42. The molecule has 2 saturated carbocycles. The van der Waals surface area contributed by atoms with E-state index in [2.05, 4.69) is 36.2 Å². The Hall–Kier alpha value is -2.64. The van der Waals surface area contributed by atoms with E-state index >= 15 is 0 Å². The SMILES string of the molecule is Cc1ccc([C@H]2c3sc(=O)[nH]c3SC3C4CC(C5C(=O)N(c6ccccc6)C(=O)C45)C32)cc1. The Morgan fingerprint density at radius 2 is 1.61 bits per heavy atom. The van der Waals surface area contributed by atoms with Crippen LogP contribution in [0.4, 0.5) is 5.69 Å². The van der Waals surface area contributed by atoms with Crippen molar-refractivity contribution in [3.63, 3.8) is 0 Å². The predicted octanol–water partition coefficient (Wildman–Crippen LogP) is 4.42. The molecule has 1 saturated heterocycles. The van der Waals surface area contributed by atoms with E-state index in [4.69, 9.17) is 0 Å². The van der Waals surface area contributed by atoms with Gasteiger partial charge in [0, 0.05) is 16.0 Å². The minimum atomic E-state index is -0.255. The summed E-state index contributed by atoms with van der Waals surface area (Å²) in [7, 11) is 0. The lowest BCUT2D eigenvalue weighted by molar-refractivity contribution is -0.123. The number of carbonyl (C=O) groups excluding carboxylic acids is 2. The number of benzene rings is 2. The number of anilines is 1. The maximum absolute atomic E-state index is 13.6. The number of aromatic amines is 1. The van der Waals surface area contributed by atoms with Crippen molar-refractivity contribution in [2.45, 2.75) is 29.5 Å². The van der Waals surface area contributed by atoms with Crippen LogP contribution in [-0.4, -0.2) is 22.0 Å². The van der Waals surface area contributed by atoms with Crippen molar-refractivity contribution >= 4 is 40.6 Å². The van der Waals surface area contributed by atoms with Crippen LogP contribution in [0.25, 0.3) is 0 Å². The first-order valence-electron chi connectivity index (χ1n) is 11.4. The zero-order valence-corrected chi connectivity index (χ0v) is 19.6. The number of hydrogen-bond acceptors (Lipinski definition) is 5. The average Bonchev–Trinajstić information content (AvgIpc) is 3.54. The summed E-state index contributed by atoms with van der Waals surface area (Å²) in [5.74, 6) is 0.0543. The molecule has 2 aliphatic heterocycles. The third kappa shape index (κ3) is 2.63. The molecule has 7 rings (SSSR count). The molecule has 0 spiro atoms. The highest BCUT2D eigenvalue weighted by molar-refractivity contribution is 8.00. The molecule has 2 aliphatic carbocycles. The van der Waals surface area contributed by atoms with E-state index in [-0.39, 0.29) is 57.4 Å². The van der Waals surface area contributed by atoms with Crippen molar-refractivity contribution in [2.24, 2.45) is 29.6 Å². The maximum Gasteiger partial charge on any atom is 0.305 e. The lowest BCUT2D eigenvalue weighted by atomic mass is 9.68. The summed E-state index contributed by atoms with van der Waals surface area (Å²) in [5.41, 5.74) is 3.08. The monoisotopic (exact) mass is 474 g/mol. The molecule has 7 atom stereocenters. The molecule has 33 heavy (non-hydrogen) atoms. The van der Waals surface area contributed by atoms with Gasteiger partial charge in [-0.2, -0.15) is 0 Å². The number of amides is 2. The minimum absolute atomic E-state index is 0.0282. The Labute approximate surface area is 199 Å². The summed E-state index contributed by atoms with van der Waals surface area (Å²) in [4.78, 5) is 45.1. The first-order valence-corrected chi connectivity index (χ1v) is 13.1. The smallest absolute Gasteiger partial charge is 0.305 e. The van der Waals surface area contributed by atoms with Crippen LogP contribution in [0.3, 0.4) is 0 Å². The highest BCUT2D eigenvalue weighted by Gasteiger charge is 2.69. The molecule has 6 unspecified atom stereocenters. The number of thioether (sulfide) groups is 1. The summed E-state index contributed by atoms with van der Waals surface area (Å²) in [5, 5.41) is 1.19. The highest BCUT2D eigenvalue weighted by atomic mass is 32.2. The summed E-state index contributed by atoms with van der Waals surface area (Å²) in [6.45, 7) is 2.08. The van der Waals surface area contributed by atoms with Gasteiger partial charge in [0.1, 0.15) is 0 Å². The van der Waals surface area contributed by atoms with Crippen LogP contribution in [0.2, 0.25) is 0 Å². The number of aromatic nitrogens is 1. The van der Waals surface area contributed by atoms with E-state index < -0.39 is 0 Å². The normalized spacial score (nSPS) is 33.8. The Bertz CT molecular complexity index is 1350. The van der Waals surface area contributed by atoms with Gasteiger partial charge in [-0.15, -0.1) is 11.8 Å². The fraction of sp³-hybridized carbons (Fsp3) is 0.346. The Kier molecular flexibility index (Phi) is 4.16. The van der Waals surface area contributed by atoms with Gasteiger partial charge in [-0.1, -0.05) is 59.4 Å². The van der Waals surface area contributed by atoms with Gasteiger partial charge in [0.2, 0.25) is 11.8 Å². The van der Waals surface area contributed by atoms with Crippen LogP contribution in [0.15, 0.2) is 64.4 Å². The molecule has 2 bridgehead atoms. The quantitative estimate of drug-likeness (QED) is 0.558. The van der Waals surface area contributed by atoms with Crippen molar-refractivity contribution in [2.75, 3.05) is 4.90 Å².